The molecular weight excluding hydrogens is 162 g/mol. The van der Waals surface area contributed by atoms with E-state index in [4.69, 9.17) is 4.74 Å². The molecule has 1 aliphatic rings. The third-order valence-electron chi connectivity index (χ3n) is 2.91. The van der Waals surface area contributed by atoms with Crippen LogP contribution in [0.4, 0.5) is 0 Å². The van der Waals surface area contributed by atoms with Crippen LogP contribution in [-0.4, -0.2) is 25.3 Å². The lowest BCUT2D eigenvalue weighted by atomic mass is 10.1. The predicted octanol–water partition coefficient (Wildman–Crippen LogP) is 2.19. The number of rotatable bonds is 4. The van der Waals surface area contributed by atoms with Crippen molar-refractivity contribution in [1.82, 2.24) is 5.32 Å². The van der Waals surface area contributed by atoms with Crippen molar-refractivity contribution in [3.8, 4) is 0 Å². The highest BCUT2D eigenvalue weighted by atomic mass is 16.5. The molecule has 0 spiro atoms. The van der Waals surface area contributed by atoms with E-state index in [-0.39, 0.29) is 0 Å². The normalized spacial score (nSPS) is 26.3. The zero-order valence-corrected chi connectivity index (χ0v) is 9.18. The second-order valence-corrected chi connectivity index (χ2v) is 4.43. The molecule has 0 amide bonds. The summed E-state index contributed by atoms with van der Waals surface area (Å²) in [7, 11) is 0. The van der Waals surface area contributed by atoms with Crippen molar-refractivity contribution in [2.75, 3.05) is 13.2 Å². The molecular formula is C11H23NO. The van der Waals surface area contributed by atoms with E-state index in [1.165, 1.54) is 25.8 Å². The molecule has 1 aliphatic heterocycles. The fourth-order valence-corrected chi connectivity index (χ4v) is 1.53. The van der Waals surface area contributed by atoms with Crippen molar-refractivity contribution in [3.05, 3.63) is 0 Å². The van der Waals surface area contributed by atoms with E-state index < -0.39 is 0 Å². The fourth-order valence-electron chi connectivity index (χ4n) is 1.53. The van der Waals surface area contributed by atoms with Crippen LogP contribution in [0.1, 0.15) is 40.0 Å². The first-order chi connectivity index (χ1) is 6.20. The first kappa shape index (κ1) is 11.0. The molecule has 1 heterocycles. The molecule has 0 bridgehead atoms. The van der Waals surface area contributed by atoms with Crippen molar-refractivity contribution in [2.24, 2.45) is 5.92 Å². The summed E-state index contributed by atoms with van der Waals surface area (Å²) in [5.41, 5.74) is 0. The smallest absolute Gasteiger partial charge is 0.0623 e. The predicted molar refractivity (Wildman–Crippen MR) is 55.9 cm³/mol. The first-order valence-electron chi connectivity index (χ1n) is 5.55. The van der Waals surface area contributed by atoms with Crippen LogP contribution >= 0.6 is 0 Å². The number of hydrogen-bond donors (Lipinski definition) is 1. The Balaban J connectivity index is 2.10. The van der Waals surface area contributed by atoms with Gasteiger partial charge in [0.2, 0.25) is 0 Å². The topological polar surface area (TPSA) is 21.3 Å². The van der Waals surface area contributed by atoms with Crippen LogP contribution in [0.2, 0.25) is 0 Å². The molecule has 78 valence electrons. The molecule has 0 aromatic carbocycles. The van der Waals surface area contributed by atoms with Gasteiger partial charge >= 0.3 is 0 Å². The van der Waals surface area contributed by atoms with Gasteiger partial charge in [-0.3, -0.25) is 0 Å². The summed E-state index contributed by atoms with van der Waals surface area (Å²) in [6.45, 7) is 8.63. The monoisotopic (exact) mass is 185 g/mol. The minimum absolute atomic E-state index is 0.392. The molecule has 0 saturated carbocycles. The Morgan fingerprint density at radius 2 is 2.08 bits per heavy atom. The fraction of sp³-hybridized carbons (Fsp3) is 1.00. The van der Waals surface area contributed by atoms with Crippen LogP contribution < -0.4 is 5.32 Å². The molecule has 0 aromatic rings. The Morgan fingerprint density at radius 1 is 1.31 bits per heavy atom. The molecule has 0 radical (unpaired) electrons. The van der Waals surface area contributed by atoms with E-state index in [2.05, 4.69) is 26.1 Å². The summed E-state index contributed by atoms with van der Waals surface area (Å²) in [6, 6.07) is 0.606. The Hall–Kier alpha value is -0.0800. The highest BCUT2D eigenvalue weighted by molar-refractivity contribution is 4.72. The zero-order chi connectivity index (χ0) is 9.68. The van der Waals surface area contributed by atoms with Gasteiger partial charge in [0.1, 0.15) is 0 Å². The number of nitrogens with one attached hydrogen (secondary N) is 1. The minimum atomic E-state index is 0.392. The molecule has 1 rings (SSSR count). The highest BCUT2D eigenvalue weighted by Gasteiger charge is 2.14. The van der Waals surface area contributed by atoms with E-state index in [1.807, 2.05) is 0 Å². The average molecular weight is 185 g/mol. The molecule has 13 heavy (non-hydrogen) atoms. The average Bonchev–Trinajstić information content (AvgIpc) is 2.15. The maximum atomic E-state index is 5.78. The largest absolute Gasteiger partial charge is 0.377 e. The van der Waals surface area contributed by atoms with Gasteiger partial charge < -0.3 is 10.1 Å². The van der Waals surface area contributed by atoms with E-state index in [0.29, 0.717) is 18.1 Å². The quantitative estimate of drug-likeness (QED) is 0.725. The Bertz CT molecular complexity index is 130. The van der Waals surface area contributed by atoms with Crippen molar-refractivity contribution in [2.45, 2.75) is 52.2 Å². The number of ether oxygens (including phenoxy) is 1. The summed E-state index contributed by atoms with van der Waals surface area (Å²) >= 11 is 0. The minimum Gasteiger partial charge on any atom is -0.377 e. The molecule has 1 fully saturated rings. The summed E-state index contributed by atoms with van der Waals surface area (Å²) in [5.74, 6) is 0.628. The van der Waals surface area contributed by atoms with Gasteiger partial charge in [-0.25, -0.2) is 0 Å². The summed E-state index contributed by atoms with van der Waals surface area (Å²) in [4.78, 5) is 0. The zero-order valence-electron chi connectivity index (χ0n) is 9.18. The van der Waals surface area contributed by atoms with Gasteiger partial charge in [0, 0.05) is 6.04 Å². The van der Waals surface area contributed by atoms with E-state index in [0.717, 1.165) is 6.61 Å². The van der Waals surface area contributed by atoms with E-state index in [1.54, 1.807) is 0 Å². The van der Waals surface area contributed by atoms with E-state index >= 15 is 0 Å². The maximum absolute atomic E-state index is 5.78. The second kappa shape index (κ2) is 5.61. The van der Waals surface area contributed by atoms with E-state index in [9.17, 15) is 0 Å². The van der Waals surface area contributed by atoms with Gasteiger partial charge in [-0.05, 0) is 32.2 Å². The van der Waals surface area contributed by atoms with Gasteiger partial charge in [-0.15, -0.1) is 0 Å². The summed E-state index contributed by atoms with van der Waals surface area (Å²) in [5, 5.41) is 3.49. The van der Waals surface area contributed by atoms with Gasteiger partial charge in [0.05, 0.1) is 12.7 Å². The molecule has 1 N–H and O–H groups in total. The lowest BCUT2D eigenvalue weighted by molar-refractivity contribution is 0.0183. The first-order valence-corrected chi connectivity index (χ1v) is 5.55. The standard InChI is InChI=1S/C11H23NO/c1-9(2)10(3)13-8-11-6-4-5-7-12-11/h9-12H,4-8H2,1-3H3/t10-,11-/m1/s1. The van der Waals surface area contributed by atoms with Crippen LogP contribution in [0.15, 0.2) is 0 Å². The van der Waals surface area contributed by atoms with Gasteiger partial charge in [-0.2, -0.15) is 0 Å². The maximum Gasteiger partial charge on any atom is 0.0623 e. The molecule has 0 aromatic heterocycles. The molecule has 2 heteroatoms. The number of hydrogen-bond acceptors (Lipinski definition) is 2. The highest BCUT2D eigenvalue weighted by Crippen LogP contribution is 2.10. The Morgan fingerprint density at radius 3 is 2.62 bits per heavy atom. The third kappa shape index (κ3) is 4.10. The van der Waals surface area contributed by atoms with Crippen LogP contribution in [0.5, 0.6) is 0 Å². The van der Waals surface area contributed by atoms with Crippen LogP contribution in [0.3, 0.4) is 0 Å². The van der Waals surface area contributed by atoms with Crippen molar-refractivity contribution in [1.29, 1.82) is 0 Å². The van der Waals surface area contributed by atoms with Crippen LogP contribution in [-0.2, 0) is 4.74 Å². The van der Waals surface area contributed by atoms with Crippen LogP contribution in [0.25, 0.3) is 0 Å². The van der Waals surface area contributed by atoms with Crippen molar-refractivity contribution >= 4 is 0 Å². The lowest BCUT2D eigenvalue weighted by Gasteiger charge is -2.26. The molecule has 0 unspecified atom stereocenters. The summed E-state index contributed by atoms with van der Waals surface area (Å²) < 4.78 is 5.78. The molecule has 1 saturated heterocycles. The Labute approximate surface area is 82.0 Å². The van der Waals surface area contributed by atoms with Gasteiger partial charge in [0.15, 0.2) is 0 Å². The SMILES string of the molecule is CC(C)[C@@H](C)OC[C@H]1CCCCN1. The summed E-state index contributed by atoms with van der Waals surface area (Å²) in [6.07, 6.45) is 4.36. The van der Waals surface area contributed by atoms with Gasteiger partial charge in [0.25, 0.3) is 0 Å². The lowest BCUT2D eigenvalue weighted by Crippen LogP contribution is -2.38. The third-order valence-corrected chi connectivity index (χ3v) is 2.91. The Kier molecular flexibility index (Phi) is 4.74. The van der Waals surface area contributed by atoms with Crippen LogP contribution in [0, 0.1) is 5.92 Å². The second-order valence-electron chi connectivity index (χ2n) is 4.43. The number of piperidine rings is 1. The van der Waals surface area contributed by atoms with Crippen molar-refractivity contribution < 1.29 is 4.74 Å². The molecule has 2 nitrogen and oxygen atoms in total. The van der Waals surface area contributed by atoms with Gasteiger partial charge in [-0.1, -0.05) is 20.3 Å². The molecule has 0 aliphatic carbocycles. The molecule has 2 atom stereocenters. The van der Waals surface area contributed by atoms with Crippen molar-refractivity contribution in [3.63, 3.8) is 0 Å².